The monoisotopic (exact) mass is 350 g/mol. The average Bonchev–Trinajstić information content (AvgIpc) is 3.49. The van der Waals surface area contributed by atoms with Gasteiger partial charge in [-0.1, -0.05) is 30.3 Å². The van der Waals surface area contributed by atoms with E-state index in [0.29, 0.717) is 30.8 Å². The van der Waals surface area contributed by atoms with Crippen molar-refractivity contribution in [2.75, 3.05) is 23.9 Å². The molecule has 1 saturated carbocycles. The Bertz CT molecular complexity index is 858. The largest absolute Gasteiger partial charge is 0.495 e. The molecule has 0 bridgehead atoms. The first-order valence-corrected chi connectivity index (χ1v) is 9.00. The Morgan fingerprint density at radius 3 is 2.58 bits per heavy atom. The Kier molecular flexibility index (Phi) is 4.15. The molecule has 0 saturated heterocycles. The Morgan fingerprint density at radius 1 is 1.08 bits per heavy atom. The number of para-hydroxylation sites is 3. The number of rotatable bonds is 4. The van der Waals surface area contributed by atoms with Crippen LogP contribution in [0.3, 0.4) is 0 Å². The predicted octanol–water partition coefficient (Wildman–Crippen LogP) is 3.39. The zero-order valence-corrected chi connectivity index (χ0v) is 14.8. The molecule has 0 unspecified atom stereocenters. The number of fused-ring (bicyclic) bond motifs is 1. The fraction of sp³-hybridized carbons (Fsp3) is 0.333. The average molecular weight is 350 g/mol. The van der Waals surface area contributed by atoms with E-state index in [1.54, 1.807) is 24.1 Å². The second-order valence-corrected chi connectivity index (χ2v) is 6.93. The van der Waals surface area contributed by atoms with Crippen LogP contribution in [0.15, 0.2) is 48.5 Å². The lowest BCUT2D eigenvalue weighted by Crippen LogP contribution is -2.45. The van der Waals surface area contributed by atoms with Crippen LogP contribution in [0.5, 0.6) is 5.75 Å². The highest BCUT2D eigenvalue weighted by Gasteiger charge is 2.58. The minimum atomic E-state index is -0.953. The summed E-state index contributed by atoms with van der Waals surface area (Å²) in [4.78, 5) is 28.0. The summed E-state index contributed by atoms with van der Waals surface area (Å²) in [6.45, 7) is 0.666. The highest BCUT2D eigenvalue weighted by molar-refractivity contribution is 6.18. The van der Waals surface area contributed by atoms with Crippen LogP contribution in [-0.2, 0) is 16.0 Å². The number of nitrogens with one attached hydrogen (secondary N) is 1. The van der Waals surface area contributed by atoms with Crippen molar-refractivity contribution in [3.8, 4) is 5.75 Å². The number of methoxy groups -OCH3 is 1. The van der Waals surface area contributed by atoms with Crippen molar-refractivity contribution < 1.29 is 14.3 Å². The molecule has 2 aliphatic rings. The third-order valence-electron chi connectivity index (χ3n) is 5.30. The van der Waals surface area contributed by atoms with Gasteiger partial charge >= 0.3 is 0 Å². The van der Waals surface area contributed by atoms with Gasteiger partial charge in [0.15, 0.2) is 0 Å². The summed E-state index contributed by atoms with van der Waals surface area (Å²) in [5, 5.41) is 2.90. The number of ether oxygens (including phenoxy) is 1. The van der Waals surface area contributed by atoms with Crippen LogP contribution < -0.4 is 15.0 Å². The van der Waals surface area contributed by atoms with E-state index < -0.39 is 5.41 Å². The first-order valence-electron chi connectivity index (χ1n) is 9.00. The van der Waals surface area contributed by atoms with Crippen LogP contribution in [0.2, 0.25) is 0 Å². The number of aryl methyl sites for hydroxylation is 1. The summed E-state index contributed by atoms with van der Waals surface area (Å²) < 4.78 is 5.29. The van der Waals surface area contributed by atoms with Gasteiger partial charge < -0.3 is 15.0 Å². The maximum Gasteiger partial charge on any atom is 0.242 e. The van der Waals surface area contributed by atoms with Gasteiger partial charge in [-0.15, -0.1) is 0 Å². The number of amides is 2. The Labute approximate surface area is 153 Å². The molecule has 5 nitrogen and oxygen atoms in total. The number of hydrogen-bond donors (Lipinski definition) is 1. The van der Waals surface area contributed by atoms with Crippen molar-refractivity contribution in [1.29, 1.82) is 0 Å². The van der Waals surface area contributed by atoms with Crippen LogP contribution >= 0.6 is 0 Å². The fourth-order valence-corrected chi connectivity index (χ4v) is 3.66. The second kappa shape index (κ2) is 6.48. The van der Waals surface area contributed by atoms with Gasteiger partial charge in [-0.2, -0.15) is 0 Å². The normalized spacial score (nSPS) is 17.2. The molecule has 1 fully saturated rings. The maximum atomic E-state index is 13.3. The van der Waals surface area contributed by atoms with E-state index in [0.717, 1.165) is 18.5 Å². The molecule has 5 heteroatoms. The molecular weight excluding hydrogens is 328 g/mol. The topological polar surface area (TPSA) is 58.6 Å². The minimum Gasteiger partial charge on any atom is -0.495 e. The van der Waals surface area contributed by atoms with Crippen LogP contribution in [-0.4, -0.2) is 25.5 Å². The van der Waals surface area contributed by atoms with Gasteiger partial charge in [0.05, 0.1) is 12.8 Å². The molecule has 0 atom stereocenters. The van der Waals surface area contributed by atoms with Gasteiger partial charge in [0.1, 0.15) is 11.2 Å². The van der Waals surface area contributed by atoms with E-state index in [1.807, 2.05) is 30.3 Å². The van der Waals surface area contributed by atoms with Crippen molar-refractivity contribution in [3.05, 3.63) is 54.1 Å². The summed E-state index contributed by atoms with van der Waals surface area (Å²) in [5.41, 5.74) is 1.76. The number of nitrogens with zero attached hydrogens (tertiary/aromatic N) is 1. The van der Waals surface area contributed by atoms with Gasteiger partial charge in [0, 0.05) is 12.2 Å². The number of hydrogen-bond acceptors (Lipinski definition) is 3. The molecule has 26 heavy (non-hydrogen) atoms. The summed E-state index contributed by atoms with van der Waals surface area (Å²) in [5.74, 6) is 0.263. The summed E-state index contributed by atoms with van der Waals surface area (Å²) in [7, 11) is 1.56. The molecule has 0 spiro atoms. The SMILES string of the molecule is COc1ccccc1NC(=O)C1(C(=O)N2CCCc3ccccc32)CC1. The van der Waals surface area contributed by atoms with Crippen molar-refractivity contribution in [2.24, 2.45) is 5.41 Å². The molecule has 1 aliphatic heterocycles. The summed E-state index contributed by atoms with van der Waals surface area (Å²) in [6, 6.07) is 15.2. The van der Waals surface area contributed by atoms with Crippen molar-refractivity contribution in [3.63, 3.8) is 0 Å². The highest BCUT2D eigenvalue weighted by atomic mass is 16.5. The molecule has 0 aromatic heterocycles. The van der Waals surface area contributed by atoms with Crippen molar-refractivity contribution in [2.45, 2.75) is 25.7 Å². The van der Waals surface area contributed by atoms with Crippen molar-refractivity contribution in [1.82, 2.24) is 0 Å². The van der Waals surface area contributed by atoms with E-state index in [2.05, 4.69) is 11.4 Å². The smallest absolute Gasteiger partial charge is 0.242 e. The third kappa shape index (κ3) is 2.73. The van der Waals surface area contributed by atoms with E-state index >= 15 is 0 Å². The first kappa shape index (κ1) is 16.6. The minimum absolute atomic E-state index is 0.0861. The van der Waals surface area contributed by atoms with Crippen molar-refractivity contribution >= 4 is 23.2 Å². The van der Waals surface area contributed by atoms with Crippen LogP contribution in [0.4, 0.5) is 11.4 Å². The third-order valence-corrected chi connectivity index (χ3v) is 5.30. The van der Waals surface area contributed by atoms with Gasteiger partial charge in [-0.05, 0) is 49.4 Å². The van der Waals surface area contributed by atoms with E-state index in [4.69, 9.17) is 4.74 Å². The lowest BCUT2D eigenvalue weighted by atomic mass is 9.97. The molecule has 1 aliphatic carbocycles. The molecule has 1 N–H and O–H groups in total. The van der Waals surface area contributed by atoms with Gasteiger partial charge in [-0.25, -0.2) is 0 Å². The molecule has 0 radical (unpaired) electrons. The second-order valence-electron chi connectivity index (χ2n) is 6.93. The number of benzene rings is 2. The summed E-state index contributed by atoms with van der Waals surface area (Å²) >= 11 is 0. The Hall–Kier alpha value is -2.82. The molecule has 4 rings (SSSR count). The van der Waals surface area contributed by atoms with Gasteiger partial charge in [0.2, 0.25) is 11.8 Å². The van der Waals surface area contributed by atoms with Crippen LogP contribution in [0.25, 0.3) is 0 Å². The fourth-order valence-electron chi connectivity index (χ4n) is 3.66. The van der Waals surface area contributed by atoms with Crippen LogP contribution in [0, 0.1) is 5.41 Å². The van der Waals surface area contributed by atoms with E-state index in [9.17, 15) is 9.59 Å². The van der Waals surface area contributed by atoms with E-state index in [-0.39, 0.29) is 11.8 Å². The molecular formula is C21H22N2O3. The van der Waals surface area contributed by atoms with E-state index in [1.165, 1.54) is 5.56 Å². The van der Waals surface area contributed by atoms with Gasteiger partial charge in [-0.3, -0.25) is 9.59 Å². The lowest BCUT2D eigenvalue weighted by Gasteiger charge is -2.32. The molecule has 2 aromatic carbocycles. The number of anilines is 2. The van der Waals surface area contributed by atoms with Gasteiger partial charge in [0.25, 0.3) is 0 Å². The lowest BCUT2D eigenvalue weighted by molar-refractivity contribution is -0.132. The number of carbonyl (C=O) groups is 2. The quantitative estimate of drug-likeness (QED) is 0.860. The Balaban J connectivity index is 1.58. The zero-order chi connectivity index (χ0) is 18.1. The predicted molar refractivity (Wildman–Crippen MR) is 100 cm³/mol. The molecule has 134 valence electrons. The standard InChI is InChI=1S/C21H22N2O3/c1-26-18-11-5-3-9-16(18)22-19(24)21(12-13-21)20(25)23-14-6-8-15-7-2-4-10-17(15)23/h2-5,7,9-11H,6,8,12-14H2,1H3,(H,22,24). The molecule has 1 heterocycles. The zero-order valence-electron chi connectivity index (χ0n) is 14.8. The Morgan fingerprint density at radius 2 is 1.81 bits per heavy atom. The maximum absolute atomic E-state index is 13.3. The molecule has 2 aromatic rings. The molecule has 2 amide bonds. The summed E-state index contributed by atoms with van der Waals surface area (Å²) in [6.07, 6.45) is 3.07. The van der Waals surface area contributed by atoms with Crippen LogP contribution in [0.1, 0.15) is 24.8 Å². The highest BCUT2D eigenvalue weighted by Crippen LogP contribution is 2.49. The number of carbonyl (C=O) groups excluding carboxylic acids is 2. The first-order chi connectivity index (χ1) is 12.7.